The van der Waals surface area contributed by atoms with Crippen LogP contribution in [0.5, 0.6) is 0 Å². The molecule has 0 spiro atoms. The monoisotopic (exact) mass is 297 g/mol. The maximum Gasteiger partial charge on any atom is 0.501 e. The second kappa shape index (κ2) is 5.79. The molecule has 0 aliphatic rings. The molecule has 0 bridgehead atoms. The minimum absolute atomic E-state index is 0.434. The standard InChI is InChI=1S/C11H14F3NO3S/c1-8(16)6-7-15-9-2-4-10(5-3-9)19(17,18)11(12,13)14/h2-5,8,15-16H,6-7H2,1H3/t8-/m1/s1. The summed E-state index contributed by atoms with van der Waals surface area (Å²) in [4.78, 5) is -0.791. The summed E-state index contributed by atoms with van der Waals surface area (Å²) in [5.41, 5.74) is -4.81. The lowest BCUT2D eigenvalue weighted by atomic mass is 10.2. The molecule has 0 aromatic heterocycles. The molecule has 108 valence electrons. The first-order valence-corrected chi connectivity index (χ1v) is 6.96. The van der Waals surface area contributed by atoms with Gasteiger partial charge in [0.15, 0.2) is 0 Å². The van der Waals surface area contributed by atoms with E-state index in [1.165, 1.54) is 12.1 Å². The van der Waals surface area contributed by atoms with Gasteiger partial charge in [-0.25, -0.2) is 8.42 Å². The van der Waals surface area contributed by atoms with Crippen LogP contribution in [0.25, 0.3) is 0 Å². The van der Waals surface area contributed by atoms with E-state index < -0.39 is 26.3 Å². The summed E-state index contributed by atoms with van der Waals surface area (Å²) in [5, 5.41) is 11.9. The fourth-order valence-electron chi connectivity index (χ4n) is 1.31. The van der Waals surface area contributed by atoms with Crippen molar-refractivity contribution in [3.05, 3.63) is 24.3 Å². The van der Waals surface area contributed by atoms with Crippen LogP contribution >= 0.6 is 0 Å². The molecule has 0 saturated carbocycles. The average Bonchev–Trinajstić information content (AvgIpc) is 2.27. The van der Waals surface area contributed by atoms with Gasteiger partial charge in [0, 0.05) is 12.2 Å². The zero-order valence-electron chi connectivity index (χ0n) is 10.1. The van der Waals surface area contributed by atoms with Gasteiger partial charge in [0.25, 0.3) is 9.84 Å². The van der Waals surface area contributed by atoms with E-state index in [-0.39, 0.29) is 0 Å². The number of hydrogen-bond acceptors (Lipinski definition) is 4. The number of aliphatic hydroxyl groups excluding tert-OH is 1. The Labute approximate surface area is 109 Å². The van der Waals surface area contributed by atoms with Crippen LogP contribution < -0.4 is 5.32 Å². The van der Waals surface area contributed by atoms with E-state index in [0.29, 0.717) is 18.7 Å². The van der Waals surface area contributed by atoms with Crippen molar-refractivity contribution in [2.24, 2.45) is 0 Å². The van der Waals surface area contributed by atoms with Gasteiger partial charge >= 0.3 is 5.51 Å². The van der Waals surface area contributed by atoms with Crippen LogP contribution in [0.2, 0.25) is 0 Å². The van der Waals surface area contributed by atoms with Crippen LogP contribution in [-0.4, -0.2) is 31.7 Å². The zero-order valence-corrected chi connectivity index (χ0v) is 10.9. The lowest BCUT2D eigenvalue weighted by Crippen LogP contribution is -2.23. The van der Waals surface area contributed by atoms with Crippen molar-refractivity contribution in [2.45, 2.75) is 29.9 Å². The van der Waals surface area contributed by atoms with Crippen molar-refractivity contribution >= 4 is 15.5 Å². The summed E-state index contributed by atoms with van der Waals surface area (Å²) in [6.45, 7) is 2.05. The zero-order chi connectivity index (χ0) is 14.7. The second-order valence-electron chi connectivity index (χ2n) is 4.04. The van der Waals surface area contributed by atoms with Gasteiger partial charge in [0.1, 0.15) is 0 Å². The molecule has 4 nitrogen and oxygen atoms in total. The molecule has 0 aliphatic carbocycles. The molecule has 1 atom stereocenters. The summed E-state index contributed by atoms with van der Waals surface area (Å²) < 4.78 is 59.0. The third kappa shape index (κ3) is 4.10. The number of nitrogens with one attached hydrogen (secondary N) is 1. The molecule has 8 heteroatoms. The van der Waals surface area contributed by atoms with Gasteiger partial charge in [0.05, 0.1) is 11.0 Å². The van der Waals surface area contributed by atoms with Crippen molar-refractivity contribution in [1.82, 2.24) is 0 Å². The fourth-order valence-corrected chi connectivity index (χ4v) is 2.07. The fraction of sp³-hybridized carbons (Fsp3) is 0.455. The van der Waals surface area contributed by atoms with Crippen molar-refractivity contribution in [2.75, 3.05) is 11.9 Å². The van der Waals surface area contributed by atoms with E-state index in [4.69, 9.17) is 5.11 Å². The SMILES string of the molecule is C[C@@H](O)CCNc1ccc(S(=O)(=O)C(F)(F)F)cc1. The molecule has 0 heterocycles. The van der Waals surface area contributed by atoms with Crippen LogP contribution in [0.1, 0.15) is 13.3 Å². The summed E-state index contributed by atoms with van der Waals surface area (Å²) in [5.74, 6) is 0. The highest BCUT2D eigenvalue weighted by molar-refractivity contribution is 7.92. The van der Waals surface area contributed by atoms with Crippen LogP contribution in [0.15, 0.2) is 29.2 Å². The average molecular weight is 297 g/mol. The minimum atomic E-state index is -5.30. The molecule has 2 N–H and O–H groups in total. The Hall–Kier alpha value is -1.28. The number of hydrogen-bond donors (Lipinski definition) is 2. The van der Waals surface area contributed by atoms with Crippen LogP contribution in [0.4, 0.5) is 18.9 Å². The van der Waals surface area contributed by atoms with Gasteiger partial charge < -0.3 is 10.4 Å². The van der Waals surface area contributed by atoms with Crippen LogP contribution in [-0.2, 0) is 9.84 Å². The largest absolute Gasteiger partial charge is 0.501 e. The summed E-state index contributed by atoms with van der Waals surface area (Å²) >= 11 is 0. The normalized spacial score (nSPS) is 14.2. The molecule has 0 unspecified atom stereocenters. The third-order valence-corrected chi connectivity index (χ3v) is 3.86. The topological polar surface area (TPSA) is 66.4 Å². The number of benzene rings is 1. The number of rotatable bonds is 5. The molecule has 0 amide bonds. The molecule has 0 fully saturated rings. The first-order chi connectivity index (χ1) is 8.64. The number of alkyl halides is 3. The number of anilines is 1. The van der Waals surface area contributed by atoms with Gasteiger partial charge in [-0.1, -0.05) is 0 Å². The summed E-state index contributed by atoms with van der Waals surface area (Å²) in [6.07, 6.45) is -0.0137. The molecule has 1 rings (SSSR count). The van der Waals surface area contributed by atoms with E-state index in [2.05, 4.69) is 5.32 Å². The van der Waals surface area contributed by atoms with Gasteiger partial charge in [-0.2, -0.15) is 13.2 Å². The van der Waals surface area contributed by atoms with Crippen LogP contribution in [0, 0.1) is 0 Å². The van der Waals surface area contributed by atoms with Crippen molar-refractivity contribution in [3.8, 4) is 0 Å². The molecule has 1 aromatic carbocycles. The Bertz CT molecular complexity index is 509. The van der Waals surface area contributed by atoms with E-state index in [9.17, 15) is 21.6 Å². The molecular weight excluding hydrogens is 283 g/mol. The number of aliphatic hydroxyl groups is 1. The van der Waals surface area contributed by atoms with Gasteiger partial charge in [0.2, 0.25) is 0 Å². The predicted octanol–water partition coefficient (Wildman–Crippen LogP) is 2.16. The first-order valence-electron chi connectivity index (χ1n) is 5.48. The van der Waals surface area contributed by atoms with E-state index in [1.54, 1.807) is 6.92 Å². The number of halogens is 3. The molecule has 0 aliphatic heterocycles. The highest BCUT2D eigenvalue weighted by Crippen LogP contribution is 2.30. The van der Waals surface area contributed by atoms with Gasteiger partial charge in [-0.15, -0.1) is 0 Å². The van der Waals surface area contributed by atoms with Gasteiger partial charge in [-0.3, -0.25) is 0 Å². The molecule has 0 radical (unpaired) electrons. The van der Waals surface area contributed by atoms with Crippen LogP contribution in [0.3, 0.4) is 0 Å². The van der Waals surface area contributed by atoms with E-state index >= 15 is 0 Å². The molecular formula is C11H14F3NO3S. The maximum absolute atomic E-state index is 12.3. The Morgan fingerprint density at radius 3 is 2.21 bits per heavy atom. The quantitative estimate of drug-likeness (QED) is 0.874. The Morgan fingerprint density at radius 2 is 1.79 bits per heavy atom. The molecule has 19 heavy (non-hydrogen) atoms. The Kier molecular flexibility index (Phi) is 4.81. The number of sulfone groups is 1. The van der Waals surface area contributed by atoms with Crippen molar-refractivity contribution < 1.29 is 26.7 Å². The van der Waals surface area contributed by atoms with Crippen molar-refractivity contribution in [3.63, 3.8) is 0 Å². The minimum Gasteiger partial charge on any atom is -0.393 e. The van der Waals surface area contributed by atoms with E-state index in [1.807, 2.05) is 0 Å². The summed E-state index contributed by atoms with van der Waals surface area (Å²) in [6, 6.07) is 4.29. The third-order valence-electron chi connectivity index (χ3n) is 2.36. The predicted molar refractivity (Wildman–Crippen MR) is 64.5 cm³/mol. The second-order valence-corrected chi connectivity index (χ2v) is 5.98. The Balaban J connectivity index is 2.78. The smallest absolute Gasteiger partial charge is 0.393 e. The maximum atomic E-state index is 12.3. The highest BCUT2D eigenvalue weighted by Gasteiger charge is 2.46. The van der Waals surface area contributed by atoms with Gasteiger partial charge in [-0.05, 0) is 37.6 Å². The molecule has 0 saturated heterocycles. The highest BCUT2D eigenvalue weighted by atomic mass is 32.2. The lowest BCUT2D eigenvalue weighted by Gasteiger charge is -2.10. The molecule has 1 aromatic rings. The summed E-state index contributed by atoms with van der Waals surface area (Å²) in [7, 11) is -5.29. The van der Waals surface area contributed by atoms with E-state index in [0.717, 1.165) is 12.1 Å². The lowest BCUT2D eigenvalue weighted by molar-refractivity contribution is -0.0436. The van der Waals surface area contributed by atoms with Crippen molar-refractivity contribution in [1.29, 1.82) is 0 Å². The first kappa shape index (κ1) is 15.8. The Morgan fingerprint density at radius 1 is 1.26 bits per heavy atom.